The minimum atomic E-state index is -1.35. The monoisotopic (exact) mass is 302 g/mol. The van der Waals surface area contributed by atoms with E-state index in [4.69, 9.17) is 0 Å². The van der Waals surface area contributed by atoms with Crippen molar-refractivity contribution in [2.75, 3.05) is 6.54 Å². The van der Waals surface area contributed by atoms with Crippen molar-refractivity contribution >= 4 is 23.5 Å². The average molecular weight is 302 g/mol. The Morgan fingerprint density at radius 1 is 1.32 bits per heavy atom. The average Bonchev–Trinajstić information content (AvgIpc) is 2.72. The lowest BCUT2D eigenvalue weighted by molar-refractivity contribution is -0.147. The molecule has 0 aliphatic carbocycles. The summed E-state index contributed by atoms with van der Waals surface area (Å²) in [7, 11) is 0. The molecule has 2 rings (SSSR count). The minimum absolute atomic E-state index is 0.239. The van der Waals surface area contributed by atoms with Gasteiger partial charge in [0.1, 0.15) is 12.1 Å². The van der Waals surface area contributed by atoms with Crippen LogP contribution in [0, 0.1) is 0 Å². The zero-order valence-corrected chi connectivity index (χ0v) is 12.5. The Balaban J connectivity index is 2.13. The summed E-state index contributed by atoms with van der Waals surface area (Å²) in [6.45, 7) is 6.69. The number of amides is 2. The standard InChI is InChI=1S/C16H18N2O4/c1-4-16(3,15(21)22)17-13(19)9-18-10(2)11-7-5-6-8-12(11)14(18)20/h5-8H,2,4,9H2,1,3H3,(H,17,19)(H,21,22). The molecule has 1 atom stereocenters. The number of rotatable bonds is 5. The van der Waals surface area contributed by atoms with E-state index in [9.17, 15) is 19.5 Å². The molecule has 0 fully saturated rings. The van der Waals surface area contributed by atoms with Gasteiger partial charge in [-0.2, -0.15) is 0 Å². The maximum absolute atomic E-state index is 12.3. The zero-order chi connectivity index (χ0) is 16.5. The summed E-state index contributed by atoms with van der Waals surface area (Å²) in [5, 5.41) is 11.6. The third-order valence-electron chi connectivity index (χ3n) is 3.94. The second kappa shape index (κ2) is 5.63. The fourth-order valence-corrected chi connectivity index (χ4v) is 2.29. The number of nitrogens with zero attached hydrogens (tertiary/aromatic N) is 1. The predicted octanol–water partition coefficient (Wildman–Crippen LogP) is 1.48. The highest BCUT2D eigenvalue weighted by atomic mass is 16.4. The van der Waals surface area contributed by atoms with E-state index in [1.165, 1.54) is 11.8 Å². The lowest BCUT2D eigenvalue weighted by Gasteiger charge is -2.26. The highest BCUT2D eigenvalue weighted by Crippen LogP contribution is 2.30. The first kappa shape index (κ1) is 15.8. The first-order valence-electron chi connectivity index (χ1n) is 6.94. The second-order valence-electron chi connectivity index (χ2n) is 5.42. The van der Waals surface area contributed by atoms with Crippen LogP contribution in [0.5, 0.6) is 0 Å². The quantitative estimate of drug-likeness (QED) is 0.862. The molecule has 22 heavy (non-hydrogen) atoms. The molecule has 0 radical (unpaired) electrons. The van der Waals surface area contributed by atoms with Gasteiger partial charge in [0.15, 0.2) is 0 Å². The molecule has 6 nitrogen and oxygen atoms in total. The van der Waals surface area contributed by atoms with Crippen LogP contribution in [0.2, 0.25) is 0 Å². The number of aliphatic carboxylic acids is 1. The molecule has 6 heteroatoms. The minimum Gasteiger partial charge on any atom is -0.480 e. The van der Waals surface area contributed by atoms with Gasteiger partial charge in [0.2, 0.25) is 5.91 Å². The number of hydrogen-bond acceptors (Lipinski definition) is 3. The van der Waals surface area contributed by atoms with Gasteiger partial charge in [-0.25, -0.2) is 4.79 Å². The first-order chi connectivity index (χ1) is 10.3. The van der Waals surface area contributed by atoms with Crippen LogP contribution < -0.4 is 5.32 Å². The van der Waals surface area contributed by atoms with E-state index in [1.807, 2.05) is 0 Å². The molecule has 2 N–H and O–H groups in total. The zero-order valence-electron chi connectivity index (χ0n) is 12.5. The smallest absolute Gasteiger partial charge is 0.329 e. The second-order valence-corrected chi connectivity index (χ2v) is 5.42. The van der Waals surface area contributed by atoms with Crippen molar-refractivity contribution in [2.45, 2.75) is 25.8 Å². The van der Waals surface area contributed by atoms with Crippen molar-refractivity contribution in [3.63, 3.8) is 0 Å². The van der Waals surface area contributed by atoms with Gasteiger partial charge >= 0.3 is 5.97 Å². The van der Waals surface area contributed by atoms with Crippen molar-refractivity contribution < 1.29 is 19.5 Å². The molecule has 0 saturated heterocycles. The molecule has 0 saturated carbocycles. The molecule has 116 valence electrons. The highest BCUT2D eigenvalue weighted by molar-refractivity contribution is 6.10. The number of nitrogens with one attached hydrogen (secondary N) is 1. The summed E-state index contributed by atoms with van der Waals surface area (Å²) < 4.78 is 0. The van der Waals surface area contributed by atoms with Gasteiger partial charge < -0.3 is 10.4 Å². The SMILES string of the molecule is C=C1c2ccccc2C(=O)N1CC(=O)NC(C)(CC)C(=O)O. The van der Waals surface area contributed by atoms with Gasteiger partial charge in [-0.1, -0.05) is 31.7 Å². The van der Waals surface area contributed by atoms with E-state index >= 15 is 0 Å². The normalized spacial score (nSPS) is 16.2. The van der Waals surface area contributed by atoms with Gasteiger partial charge in [-0.3, -0.25) is 14.5 Å². The molecule has 1 aliphatic rings. The Bertz CT molecular complexity index is 633. The molecular formula is C16H18N2O4. The van der Waals surface area contributed by atoms with Crippen molar-refractivity contribution in [3.8, 4) is 0 Å². The number of carboxylic acids is 1. The molecule has 1 aromatic carbocycles. The number of benzene rings is 1. The van der Waals surface area contributed by atoms with Crippen LogP contribution in [-0.2, 0) is 9.59 Å². The van der Waals surface area contributed by atoms with Gasteiger partial charge in [0.25, 0.3) is 5.91 Å². The molecule has 0 spiro atoms. The van der Waals surface area contributed by atoms with E-state index in [-0.39, 0.29) is 18.9 Å². The summed E-state index contributed by atoms with van der Waals surface area (Å²) in [6, 6.07) is 6.97. The molecule has 1 heterocycles. The summed E-state index contributed by atoms with van der Waals surface area (Å²) in [5.74, 6) is -1.95. The Kier molecular flexibility index (Phi) is 4.03. The van der Waals surface area contributed by atoms with E-state index in [0.29, 0.717) is 16.8 Å². The lowest BCUT2D eigenvalue weighted by atomic mass is 9.99. The Morgan fingerprint density at radius 2 is 1.91 bits per heavy atom. The van der Waals surface area contributed by atoms with Gasteiger partial charge in [-0.15, -0.1) is 0 Å². The highest BCUT2D eigenvalue weighted by Gasteiger charge is 2.36. The third kappa shape index (κ3) is 2.59. The van der Waals surface area contributed by atoms with Crippen LogP contribution in [0.4, 0.5) is 0 Å². The van der Waals surface area contributed by atoms with E-state index in [0.717, 1.165) is 0 Å². The number of carboxylic acid groups (broad SMARTS) is 1. The molecule has 2 amide bonds. The lowest BCUT2D eigenvalue weighted by Crippen LogP contribution is -2.54. The fourth-order valence-electron chi connectivity index (χ4n) is 2.29. The van der Waals surface area contributed by atoms with Gasteiger partial charge in [-0.05, 0) is 19.4 Å². The first-order valence-corrected chi connectivity index (χ1v) is 6.94. The number of hydrogen-bond donors (Lipinski definition) is 2. The molecular weight excluding hydrogens is 284 g/mol. The van der Waals surface area contributed by atoms with E-state index in [1.54, 1.807) is 31.2 Å². The van der Waals surface area contributed by atoms with Gasteiger partial charge in [0, 0.05) is 16.8 Å². The van der Waals surface area contributed by atoms with Crippen molar-refractivity contribution in [1.82, 2.24) is 10.2 Å². The van der Waals surface area contributed by atoms with Crippen molar-refractivity contribution in [1.29, 1.82) is 0 Å². The number of fused-ring (bicyclic) bond motifs is 1. The third-order valence-corrected chi connectivity index (χ3v) is 3.94. The van der Waals surface area contributed by atoms with Crippen LogP contribution in [0.25, 0.3) is 5.70 Å². The summed E-state index contributed by atoms with van der Waals surface area (Å²) in [6.07, 6.45) is 0.239. The topological polar surface area (TPSA) is 86.7 Å². The van der Waals surface area contributed by atoms with Crippen molar-refractivity contribution in [2.24, 2.45) is 0 Å². The Morgan fingerprint density at radius 3 is 2.41 bits per heavy atom. The fraction of sp³-hybridized carbons (Fsp3) is 0.312. The number of carbonyl (C=O) groups is 3. The van der Waals surface area contributed by atoms with Crippen LogP contribution in [0.3, 0.4) is 0 Å². The van der Waals surface area contributed by atoms with Crippen LogP contribution in [0.15, 0.2) is 30.8 Å². The van der Waals surface area contributed by atoms with Gasteiger partial charge in [0.05, 0.1) is 0 Å². The summed E-state index contributed by atoms with van der Waals surface area (Å²) >= 11 is 0. The van der Waals surface area contributed by atoms with Crippen molar-refractivity contribution in [3.05, 3.63) is 42.0 Å². The maximum atomic E-state index is 12.3. The van der Waals surface area contributed by atoms with Crippen LogP contribution in [-0.4, -0.2) is 39.9 Å². The molecule has 0 bridgehead atoms. The molecule has 1 aliphatic heterocycles. The van der Waals surface area contributed by atoms with Crippen LogP contribution >= 0.6 is 0 Å². The van der Waals surface area contributed by atoms with E-state index < -0.39 is 17.4 Å². The molecule has 0 aromatic heterocycles. The summed E-state index contributed by atoms with van der Waals surface area (Å²) in [5.41, 5.74) is 0.284. The largest absolute Gasteiger partial charge is 0.480 e. The predicted molar refractivity (Wildman–Crippen MR) is 81.0 cm³/mol. The molecule has 1 aromatic rings. The van der Waals surface area contributed by atoms with Crippen LogP contribution in [0.1, 0.15) is 36.2 Å². The molecule has 1 unspecified atom stereocenters. The van der Waals surface area contributed by atoms with E-state index in [2.05, 4.69) is 11.9 Å². The number of carbonyl (C=O) groups excluding carboxylic acids is 2. The maximum Gasteiger partial charge on any atom is 0.329 e. The Hall–Kier alpha value is -2.63. The Labute approximate surface area is 128 Å². The summed E-state index contributed by atoms with van der Waals surface area (Å²) in [4.78, 5) is 36.9.